The smallest absolute Gasteiger partial charge is 0.171 e. The van der Waals surface area contributed by atoms with Crippen LogP contribution in [0.2, 0.25) is 0 Å². The summed E-state index contributed by atoms with van der Waals surface area (Å²) in [4.78, 5) is 9.62. The monoisotopic (exact) mass is 295 g/mol. The maximum absolute atomic E-state index is 10.2. The molecule has 2 rings (SSSR count). The van der Waals surface area contributed by atoms with Crippen molar-refractivity contribution in [2.75, 3.05) is 13.3 Å². The van der Waals surface area contributed by atoms with Crippen molar-refractivity contribution in [3.63, 3.8) is 0 Å². The molecule has 1 heterocycles. The number of aliphatic hydroxyl groups is 3. The standard InChI is InChI=1S/C13H21N5O3/c1-7-9(3-19)11(20)12(21)10(7)18-5-15-4-16-13(14)8(2)17-6-18/h4,6-7,9-12,19-21H,2-3,5H2,1H3,(H2,14,15,16)/t7?,9-,10+,11+,12-/m0/s1. The molecule has 1 fully saturated rings. The number of hydrogen-bond donors (Lipinski definition) is 5. The molecule has 0 aromatic rings. The van der Waals surface area contributed by atoms with Gasteiger partial charge in [0, 0.05) is 12.5 Å². The van der Waals surface area contributed by atoms with Gasteiger partial charge in [0.2, 0.25) is 0 Å². The fourth-order valence-electron chi connectivity index (χ4n) is 2.86. The van der Waals surface area contributed by atoms with Crippen LogP contribution in [-0.2, 0) is 0 Å². The molecule has 5 atom stereocenters. The van der Waals surface area contributed by atoms with E-state index >= 15 is 0 Å². The summed E-state index contributed by atoms with van der Waals surface area (Å²) in [7, 11) is 0. The number of amidine groups is 1. The zero-order valence-electron chi connectivity index (χ0n) is 11.8. The van der Waals surface area contributed by atoms with Crippen molar-refractivity contribution in [2.24, 2.45) is 21.8 Å². The predicted molar refractivity (Wildman–Crippen MR) is 79.2 cm³/mol. The third-order valence-corrected chi connectivity index (χ3v) is 4.14. The maximum atomic E-state index is 10.2. The van der Waals surface area contributed by atoms with E-state index in [1.54, 1.807) is 4.90 Å². The zero-order chi connectivity index (χ0) is 15.6. The van der Waals surface area contributed by atoms with Crippen LogP contribution in [0.25, 0.3) is 0 Å². The van der Waals surface area contributed by atoms with Gasteiger partial charge in [-0.25, -0.2) is 9.98 Å². The Hall–Kier alpha value is -1.77. The summed E-state index contributed by atoms with van der Waals surface area (Å²) in [5.74, 6) is -0.561. The molecule has 1 saturated carbocycles. The summed E-state index contributed by atoms with van der Waals surface area (Å²) in [5, 5.41) is 40.1. The lowest BCUT2D eigenvalue weighted by molar-refractivity contribution is -0.00896. The second-order valence-electron chi connectivity index (χ2n) is 5.35. The van der Waals surface area contributed by atoms with E-state index in [9.17, 15) is 15.3 Å². The Morgan fingerprint density at radius 3 is 2.76 bits per heavy atom. The van der Waals surface area contributed by atoms with Gasteiger partial charge in [-0.3, -0.25) is 5.41 Å². The molecule has 0 bridgehead atoms. The highest BCUT2D eigenvalue weighted by Gasteiger charge is 2.48. The van der Waals surface area contributed by atoms with Gasteiger partial charge in [0.05, 0.1) is 31.5 Å². The van der Waals surface area contributed by atoms with Crippen molar-refractivity contribution in [3.05, 3.63) is 12.3 Å². The lowest BCUT2D eigenvalue weighted by atomic mass is 9.95. The molecular weight excluding hydrogens is 274 g/mol. The molecule has 116 valence electrons. The van der Waals surface area contributed by atoms with Gasteiger partial charge >= 0.3 is 0 Å². The number of rotatable bonds is 2. The number of aliphatic imine (C=N–C) groups is 2. The van der Waals surface area contributed by atoms with E-state index in [1.165, 1.54) is 12.7 Å². The van der Waals surface area contributed by atoms with Crippen molar-refractivity contribution >= 4 is 18.5 Å². The molecule has 1 aliphatic heterocycles. The van der Waals surface area contributed by atoms with Crippen molar-refractivity contribution in [1.29, 1.82) is 5.41 Å². The van der Waals surface area contributed by atoms with E-state index in [2.05, 4.69) is 21.9 Å². The molecule has 0 amide bonds. The summed E-state index contributed by atoms with van der Waals surface area (Å²) in [5.41, 5.74) is 0.208. The van der Waals surface area contributed by atoms with Crippen molar-refractivity contribution in [3.8, 4) is 0 Å². The SMILES string of the molecule is C=C1N=CN([C@@H]2C(C)[C@H](CO)[C@@H](O)[C@H]2O)CNC=NC1=N. The Balaban J connectivity index is 2.23. The lowest BCUT2D eigenvalue weighted by Crippen LogP contribution is -2.48. The second-order valence-corrected chi connectivity index (χ2v) is 5.35. The summed E-state index contributed by atoms with van der Waals surface area (Å²) >= 11 is 0. The number of nitrogens with one attached hydrogen (secondary N) is 2. The number of hydrogen-bond acceptors (Lipinski definition) is 7. The highest BCUT2D eigenvalue weighted by Crippen LogP contribution is 2.35. The van der Waals surface area contributed by atoms with E-state index in [4.69, 9.17) is 5.41 Å². The van der Waals surface area contributed by atoms with Crippen LogP contribution >= 0.6 is 0 Å². The first-order chi connectivity index (χ1) is 9.97. The van der Waals surface area contributed by atoms with Gasteiger partial charge in [-0.15, -0.1) is 0 Å². The first kappa shape index (κ1) is 15.6. The third kappa shape index (κ3) is 2.97. The first-order valence-corrected chi connectivity index (χ1v) is 6.78. The highest BCUT2D eigenvalue weighted by molar-refractivity contribution is 6.00. The molecule has 5 N–H and O–H groups in total. The average Bonchev–Trinajstić information content (AvgIpc) is 2.71. The van der Waals surface area contributed by atoms with Crippen molar-refractivity contribution in [1.82, 2.24) is 10.2 Å². The van der Waals surface area contributed by atoms with E-state index in [0.29, 0.717) is 6.67 Å². The molecule has 8 heteroatoms. The quantitative estimate of drug-likeness (QED) is 0.435. The third-order valence-electron chi connectivity index (χ3n) is 4.14. The highest BCUT2D eigenvalue weighted by atomic mass is 16.3. The summed E-state index contributed by atoms with van der Waals surface area (Å²) in [6, 6.07) is -0.401. The molecule has 1 aliphatic carbocycles. The van der Waals surface area contributed by atoms with Crippen LogP contribution in [0.4, 0.5) is 0 Å². The minimum atomic E-state index is -0.990. The molecular formula is C13H21N5O3. The Morgan fingerprint density at radius 2 is 2.14 bits per heavy atom. The summed E-state index contributed by atoms with van der Waals surface area (Å²) in [6.07, 6.45) is 0.887. The molecule has 0 radical (unpaired) electrons. The van der Waals surface area contributed by atoms with Gasteiger partial charge in [0.1, 0.15) is 11.8 Å². The van der Waals surface area contributed by atoms with Gasteiger partial charge in [-0.05, 0) is 5.92 Å². The van der Waals surface area contributed by atoms with Crippen molar-refractivity contribution in [2.45, 2.75) is 25.2 Å². The van der Waals surface area contributed by atoms with Crippen LogP contribution in [0.1, 0.15) is 6.92 Å². The van der Waals surface area contributed by atoms with Gasteiger partial charge in [-0.2, -0.15) is 0 Å². The van der Waals surface area contributed by atoms with E-state index in [-0.39, 0.29) is 30.0 Å². The second kappa shape index (κ2) is 6.33. The molecule has 0 spiro atoms. The zero-order valence-corrected chi connectivity index (χ0v) is 11.8. The Kier molecular flexibility index (Phi) is 4.71. The Bertz CT molecular complexity index is 478. The molecule has 0 aromatic heterocycles. The van der Waals surface area contributed by atoms with Gasteiger partial charge in [-0.1, -0.05) is 13.5 Å². The van der Waals surface area contributed by atoms with Gasteiger partial charge in [0.15, 0.2) is 5.84 Å². The normalized spacial score (nSPS) is 37.1. The minimum Gasteiger partial charge on any atom is -0.396 e. The Morgan fingerprint density at radius 1 is 1.43 bits per heavy atom. The molecule has 0 aromatic carbocycles. The Labute approximate surface area is 123 Å². The van der Waals surface area contributed by atoms with Crippen LogP contribution in [0.5, 0.6) is 0 Å². The van der Waals surface area contributed by atoms with Crippen LogP contribution < -0.4 is 5.32 Å². The topological polar surface area (TPSA) is 125 Å². The minimum absolute atomic E-state index is 0.0473. The van der Waals surface area contributed by atoms with Crippen molar-refractivity contribution < 1.29 is 15.3 Å². The molecule has 8 nitrogen and oxygen atoms in total. The number of aliphatic hydroxyl groups excluding tert-OH is 3. The van der Waals surface area contributed by atoms with Crippen LogP contribution in [0, 0.1) is 17.2 Å². The van der Waals surface area contributed by atoms with Crippen LogP contribution in [0.15, 0.2) is 22.3 Å². The van der Waals surface area contributed by atoms with Gasteiger partial charge < -0.3 is 25.5 Å². The predicted octanol–water partition coefficient (Wildman–Crippen LogP) is -1.25. The molecule has 21 heavy (non-hydrogen) atoms. The van der Waals surface area contributed by atoms with E-state index in [1.807, 2.05) is 6.92 Å². The summed E-state index contributed by atoms with van der Waals surface area (Å²) in [6.45, 7) is 5.64. The average molecular weight is 295 g/mol. The fourth-order valence-corrected chi connectivity index (χ4v) is 2.86. The van der Waals surface area contributed by atoms with Crippen LogP contribution in [-0.4, -0.2) is 70.3 Å². The fraction of sp³-hybridized carbons (Fsp3) is 0.615. The van der Waals surface area contributed by atoms with E-state index < -0.39 is 18.2 Å². The molecule has 0 saturated heterocycles. The lowest BCUT2D eigenvalue weighted by Gasteiger charge is -2.32. The summed E-state index contributed by atoms with van der Waals surface area (Å²) < 4.78 is 0. The number of nitrogens with zero attached hydrogens (tertiary/aromatic N) is 3. The molecule has 1 unspecified atom stereocenters. The molecule has 2 aliphatic rings. The van der Waals surface area contributed by atoms with Gasteiger partial charge in [0.25, 0.3) is 0 Å². The maximum Gasteiger partial charge on any atom is 0.171 e. The van der Waals surface area contributed by atoms with E-state index in [0.717, 1.165) is 0 Å². The largest absolute Gasteiger partial charge is 0.396 e. The first-order valence-electron chi connectivity index (χ1n) is 6.78. The van der Waals surface area contributed by atoms with Crippen LogP contribution in [0.3, 0.4) is 0 Å².